The third kappa shape index (κ3) is 6.01. The molecule has 0 bridgehead atoms. The Bertz CT molecular complexity index is 1420. The van der Waals surface area contributed by atoms with Crippen LogP contribution < -0.4 is 5.32 Å². The molecular weight excluding hydrogens is 464 g/mol. The molecule has 0 aliphatic heterocycles. The number of rotatable bonds is 10. The Labute approximate surface area is 215 Å². The average Bonchev–Trinajstić information content (AvgIpc) is 3.28. The molecule has 2 heterocycles. The summed E-state index contributed by atoms with van der Waals surface area (Å²) in [5, 5.41) is 3.97. The van der Waals surface area contributed by atoms with E-state index in [1.807, 2.05) is 66.9 Å². The van der Waals surface area contributed by atoms with Crippen LogP contribution in [0.15, 0.2) is 108 Å². The number of fused-ring (bicyclic) bond motifs is 1. The van der Waals surface area contributed by atoms with E-state index in [-0.39, 0.29) is 5.91 Å². The molecule has 0 unspecified atom stereocenters. The summed E-state index contributed by atoms with van der Waals surface area (Å²) in [7, 11) is 0. The number of imidazole rings is 1. The minimum Gasteiger partial charge on any atom is -0.352 e. The van der Waals surface area contributed by atoms with Gasteiger partial charge in [0.05, 0.1) is 6.54 Å². The van der Waals surface area contributed by atoms with E-state index in [0.29, 0.717) is 12.1 Å². The summed E-state index contributed by atoms with van der Waals surface area (Å²) in [5.41, 5.74) is 6.12. The maximum absolute atomic E-state index is 12.5. The van der Waals surface area contributed by atoms with Crippen LogP contribution in [0.1, 0.15) is 33.5 Å². The molecule has 36 heavy (non-hydrogen) atoms. The first-order chi connectivity index (χ1) is 17.8. The lowest BCUT2D eigenvalue weighted by atomic mass is 10.1. The number of carbonyl (C=O) groups excluding carboxylic acids is 1. The maximum Gasteiger partial charge on any atom is 0.251 e. The molecule has 0 spiro atoms. The number of pyridine rings is 1. The van der Waals surface area contributed by atoms with Crippen molar-refractivity contribution < 1.29 is 4.79 Å². The molecule has 0 aliphatic rings. The highest BCUT2D eigenvalue weighted by Gasteiger charge is 2.13. The van der Waals surface area contributed by atoms with Crippen molar-refractivity contribution in [2.24, 2.45) is 0 Å². The molecule has 5 aromatic rings. The lowest BCUT2D eigenvalue weighted by Gasteiger charge is -2.09. The number of hydrogen-bond donors (Lipinski definition) is 1. The topological polar surface area (TPSA) is 59.8 Å². The van der Waals surface area contributed by atoms with Gasteiger partial charge in [0.1, 0.15) is 5.52 Å². The van der Waals surface area contributed by atoms with Gasteiger partial charge in [-0.05, 0) is 53.8 Å². The van der Waals surface area contributed by atoms with Gasteiger partial charge in [-0.15, -0.1) is 0 Å². The summed E-state index contributed by atoms with van der Waals surface area (Å²) in [6.45, 7) is 1.39. The van der Waals surface area contributed by atoms with Gasteiger partial charge in [0.15, 0.2) is 10.8 Å². The smallest absolute Gasteiger partial charge is 0.251 e. The fraction of sp³-hybridized carbons (Fsp3) is 0.167. The predicted molar refractivity (Wildman–Crippen MR) is 146 cm³/mol. The van der Waals surface area contributed by atoms with Gasteiger partial charge in [0, 0.05) is 24.1 Å². The Hall–Kier alpha value is -3.90. The predicted octanol–water partition coefficient (Wildman–Crippen LogP) is 6.13. The molecule has 180 valence electrons. The molecule has 0 fully saturated rings. The average molecular weight is 493 g/mol. The Morgan fingerprint density at radius 3 is 2.28 bits per heavy atom. The van der Waals surface area contributed by atoms with Crippen molar-refractivity contribution in [1.29, 1.82) is 0 Å². The van der Waals surface area contributed by atoms with E-state index in [1.165, 1.54) is 11.1 Å². The minimum absolute atomic E-state index is 0.0296. The van der Waals surface area contributed by atoms with Gasteiger partial charge in [-0.2, -0.15) is 0 Å². The molecule has 2 aromatic heterocycles. The first-order valence-electron chi connectivity index (χ1n) is 12.2. The number of amides is 1. The van der Waals surface area contributed by atoms with Gasteiger partial charge in [-0.25, -0.2) is 9.97 Å². The molecule has 5 nitrogen and oxygen atoms in total. The summed E-state index contributed by atoms with van der Waals surface area (Å²) in [6, 6.07) is 32.5. The molecule has 0 saturated carbocycles. The summed E-state index contributed by atoms with van der Waals surface area (Å²) in [6.07, 6.45) is 3.69. The van der Waals surface area contributed by atoms with Crippen molar-refractivity contribution in [3.8, 4) is 0 Å². The molecule has 6 heteroatoms. The summed E-state index contributed by atoms with van der Waals surface area (Å²) in [5.74, 6) is 0.731. The van der Waals surface area contributed by atoms with E-state index in [9.17, 15) is 4.79 Å². The van der Waals surface area contributed by atoms with E-state index in [4.69, 9.17) is 4.98 Å². The number of aryl methyl sites for hydroxylation is 1. The lowest BCUT2D eigenvalue weighted by Crippen LogP contribution is -2.24. The maximum atomic E-state index is 12.5. The van der Waals surface area contributed by atoms with Gasteiger partial charge >= 0.3 is 0 Å². The van der Waals surface area contributed by atoms with Gasteiger partial charge < -0.3 is 5.32 Å². The molecule has 0 aliphatic carbocycles. The van der Waals surface area contributed by atoms with Crippen molar-refractivity contribution in [3.63, 3.8) is 0 Å². The highest BCUT2D eigenvalue weighted by molar-refractivity contribution is 7.98. The monoisotopic (exact) mass is 492 g/mol. The molecule has 0 radical (unpaired) electrons. The molecule has 1 amide bonds. The standard InChI is InChI=1S/C30H28N4OS/c35-29(32-20-7-13-23-9-3-1-4-10-23)26-17-15-25(16-18-26)22-36-30-33-27-14-8-19-31-28(27)34(30)21-24-11-5-2-6-12-24/h1-6,8-12,14-19H,7,13,20-22H2,(H,32,35). The number of benzene rings is 3. The van der Waals surface area contributed by atoms with Crippen LogP contribution in [0.5, 0.6) is 0 Å². The molecule has 3 aromatic carbocycles. The van der Waals surface area contributed by atoms with E-state index in [0.717, 1.165) is 47.0 Å². The largest absolute Gasteiger partial charge is 0.352 e. The van der Waals surface area contributed by atoms with Gasteiger partial charge in [0.2, 0.25) is 0 Å². The Kier molecular flexibility index (Phi) is 7.73. The van der Waals surface area contributed by atoms with Crippen LogP contribution in [0, 0.1) is 0 Å². The van der Waals surface area contributed by atoms with Gasteiger partial charge in [0.25, 0.3) is 5.91 Å². The van der Waals surface area contributed by atoms with Crippen LogP contribution in [0.2, 0.25) is 0 Å². The SMILES string of the molecule is O=C(NCCCc1ccccc1)c1ccc(CSc2nc3cccnc3n2Cc2ccccc2)cc1. The third-order valence-corrected chi connectivity index (χ3v) is 7.05. The van der Waals surface area contributed by atoms with Crippen molar-refractivity contribution in [1.82, 2.24) is 19.9 Å². The Balaban J connectivity index is 1.18. The number of nitrogens with one attached hydrogen (secondary N) is 1. The van der Waals surface area contributed by atoms with Crippen molar-refractivity contribution in [2.75, 3.05) is 6.54 Å². The normalized spacial score (nSPS) is 11.0. The number of nitrogens with zero attached hydrogens (tertiary/aromatic N) is 3. The summed E-state index contributed by atoms with van der Waals surface area (Å²) < 4.78 is 2.17. The Morgan fingerprint density at radius 2 is 1.53 bits per heavy atom. The van der Waals surface area contributed by atoms with Crippen LogP contribution >= 0.6 is 11.8 Å². The highest BCUT2D eigenvalue weighted by atomic mass is 32.2. The number of aromatic nitrogens is 3. The third-order valence-electron chi connectivity index (χ3n) is 6.01. The van der Waals surface area contributed by atoms with Crippen molar-refractivity contribution in [3.05, 3.63) is 126 Å². The second-order valence-electron chi connectivity index (χ2n) is 8.64. The van der Waals surface area contributed by atoms with E-state index in [1.54, 1.807) is 11.8 Å². The zero-order valence-corrected chi connectivity index (χ0v) is 20.8. The summed E-state index contributed by atoms with van der Waals surface area (Å²) in [4.78, 5) is 21.9. The van der Waals surface area contributed by atoms with E-state index >= 15 is 0 Å². The Morgan fingerprint density at radius 1 is 0.806 bits per heavy atom. The van der Waals surface area contributed by atoms with Crippen LogP contribution in [0.4, 0.5) is 0 Å². The molecule has 1 N–H and O–H groups in total. The van der Waals surface area contributed by atoms with Crippen LogP contribution in [-0.2, 0) is 18.7 Å². The van der Waals surface area contributed by atoms with E-state index in [2.05, 4.69) is 51.3 Å². The van der Waals surface area contributed by atoms with Crippen LogP contribution in [-0.4, -0.2) is 27.0 Å². The molecule has 0 saturated heterocycles. The minimum atomic E-state index is -0.0296. The van der Waals surface area contributed by atoms with Crippen LogP contribution in [0.25, 0.3) is 11.2 Å². The fourth-order valence-corrected chi connectivity index (χ4v) is 5.06. The number of carbonyl (C=O) groups is 1. The first kappa shape index (κ1) is 23.8. The zero-order chi connectivity index (χ0) is 24.6. The lowest BCUT2D eigenvalue weighted by molar-refractivity contribution is 0.0953. The second kappa shape index (κ2) is 11.7. The van der Waals surface area contributed by atoms with E-state index < -0.39 is 0 Å². The first-order valence-corrected chi connectivity index (χ1v) is 13.1. The highest BCUT2D eigenvalue weighted by Crippen LogP contribution is 2.27. The molecule has 5 rings (SSSR count). The van der Waals surface area contributed by atoms with Crippen LogP contribution in [0.3, 0.4) is 0 Å². The quantitative estimate of drug-likeness (QED) is 0.188. The fourth-order valence-electron chi connectivity index (χ4n) is 4.10. The van der Waals surface area contributed by atoms with Crippen molar-refractivity contribution in [2.45, 2.75) is 30.3 Å². The van der Waals surface area contributed by atoms with Gasteiger partial charge in [-0.3, -0.25) is 9.36 Å². The van der Waals surface area contributed by atoms with Crippen molar-refractivity contribution >= 4 is 28.8 Å². The van der Waals surface area contributed by atoms with Gasteiger partial charge in [-0.1, -0.05) is 84.6 Å². The molecule has 0 atom stereocenters. The zero-order valence-electron chi connectivity index (χ0n) is 20.0. The summed E-state index contributed by atoms with van der Waals surface area (Å²) >= 11 is 1.69. The molecular formula is C30H28N4OS. The number of thioether (sulfide) groups is 1. The number of hydrogen-bond acceptors (Lipinski definition) is 4. The second-order valence-corrected chi connectivity index (χ2v) is 9.59.